The van der Waals surface area contributed by atoms with E-state index in [1.807, 2.05) is 6.33 Å². The van der Waals surface area contributed by atoms with E-state index in [9.17, 15) is 0 Å². The maximum absolute atomic E-state index is 5.79. The van der Waals surface area contributed by atoms with Crippen molar-refractivity contribution in [2.75, 3.05) is 6.54 Å². The fraction of sp³-hybridized carbons (Fsp3) is 0.750. The normalized spacial score (nSPS) is 25.1. The summed E-state index contributed by atoms with van der Waals surface area (Å²) in [5, 5.41) is 3.27. The standard InChI is InChI=1S/C12H21N3O/c1-3-13-6-11-7-15(9-14-11)8-12-5-4-10(2)16-12/h7,9-10,12-13H,3-6,8H2,1-2H3. The van der Waals surface area contributed by atoms with E-state index in [1.54, 1.807) is 0 Å². The van der Waals surface area contributed by atoms with E-state index in [1.165, 1.54) is 12.8 Å². The van der Waals surface area contributed by atoms with Crippen LogP contribution in [0, 0.1) is 0 Å². The summed E-state index contributed by atoms with van der Waals surface area (Å²) in [4.78, 5) is 4.36. The smallest absolute Gasteiger partial charge is 0.0950 e. The number of ether oxygens (including phenoxy) is 1. The van der Waals surface area contributed by atoms with Gasteiger partial charge in [-0.1, -0.05) is 6.92 Å². The van der Waals surface area contributed by atoms with Gasteiger partial charge in [0.15, 0.2) is 0 Å². The Bertz CT molecular complexity index is 324. The monoisotopic (exact) mass is 223 g/mol. The Morgan fingerprint density at radius 2 is 2.44 bits per heavy atom. The molecule has 4 heteroatoms. The van der Waals surface area contributed by atoms with E-state index in [2.05, 4.69) is 34.9 Å². The molecular formula is C12H21N3O. The lowest BCUT2D eigenvalue weighted by Gasteiger charge is -2.11. The molecule has 1 aliphatic rings. The Kier molecular flexibility index (Phi) is 3.96. The van der Waals surface area contributed by atoms with Crippen LogP contribution in [0.15, 0.2) is 12.5 Å². The Hall–Kier alpha value is -0.870. The number of imidazole rings is 1. The van der Waals surface area contributed by atoms with Gasteiger partial charge >= 0.3 is 0 Å². The number of hydrogen-bond donors (Lipinski definition) is 1. The van der Waals surface area contributed by atoms with E-state index in [-0.39, 0.29) is 0 Å². The highest BCUT2D eigenvalue weighted by Crippen LogP contribution is 2.20. The Morgan fingerprint density at radius 1 is 1.56 bits per heavy atom. The highest BCUT2D eigenvalue weighted by Gasteiger charge is 2.21. The quantitative estimate of drug-likeness (QED) is 0.823. The van der Waals surface area contributed by atoms with Crippen LogP contribution in [0.2, 0.25) is 0 Å². The summed E-state index contributed by atoms with van der Waals surface area (Å²) < 4.78 is 7.93. The molecule has 1 aromatic heterocycles. The third-order valence-corrected chi connectivity index (χ3v) is 2.98. The topological polar surface area (TPSA) is 39.1 Å². The first kappa shape index (κ1) is 11.6. The van der Waals surface area contributed by atoms with Gasteiger partial charge in [-0.15, -0.1) is 0 Å². The first-order valence-corrected chi connectivity index (χ1v) is 6.14. The molecule has 1 aliphatic heterocycles. The van der Waals surface area contributed by atoms with Crippen molar-refractivity contribution in [3.8, 4) is 0 Å². The van der Waals surface area contributed by atoms with E-state index in [0.717, 1.165) is 25.3 Å². The van der Waals surface area contributed by atoms with Crippen molar-refractivity contribution in [1.29, 1.82) is 0 Å². The van der Waals surface area contributed by atoms with Crippen LogP contribution in [-0.2, 0) is 17.8 Å². The third kappa shape index (κ3) is 3.06. The molecule has 0 saturated carbocycles. The van der Waals surface area contributed by atoms with Crippen LogP contribution < -0.4 is 5.32 Å². The summed E-state index contributed by atoms with van der Waals surface area (Å²) in [6.07, 6.45) is 7.16. The van der Waals surface area contributed by atoms with Crippen LogP contribution in [0.5, 0.6) is 0 Å². The fourth-order valence-electron chi connectivity index (χ4n) is 2.11. The first-order valence-electron chi connectivity index (χ1n) is 6.14. The molecule has 90 valence electrons. The summed E-state index contributed by atoms with van der Waals surface area (Å²) in [7, 11) is 0. The predicted molar refractivity (Wildman–Crippen MR) is 63.2 cm³/mol. The maximum atomic E-state index is 5.79. The molecule has 0 radical (unpaired) electrons. The van der Waals surface area contributed by atoms with Gasteiger partial charge in [-0.25, -0.2) is 4.98 Å². The lowest BCUT2D eigenvalue weighted by atomic mass is 10.2. The largest absolute Gasteiger partial charge is 0.373 e. The molecule has 1 saturated heterocycles. The van der Waals surface area contributed by atoms with E-state index >= 15 is 0 Å². The van der Waals surface area contributed by atoms with Gasteiger partial charge in [-0.3, -0.25) is 0 Å². The molecule has 4 nitrogen and oxygen atoms in total. The van der Waals surface area contributed by atoms with Crippen LogP contribution in [0.1, 0.15) is 32.4 Å². The van der Waals surface area contributed by atoms with Crippen molar-refractivity contribution in [3.63, 3.8) is 0 Å². The minimum Gasteiger partial charge on any atom is -0.373 e. The zero-order valence-electron chi connectivity index (χ0n) is 10.1. The molecule has 2 atom stereocenters. The number of nitrogens with one attached hydrogen (secondary N) is 1. The van der Waals surface area contributed by atoms with Crippen LogP contribution in [-0.4, -0.2) is 28.3 Å². The molecule has 1 fully saturated rings. The number of rotatable bonds is 5. The molecule has 0 bridgehead atoms. The molecule has 2 heterocycles. The maximum Gasteiger partial charge on any atom is 0.0950 e. The average Bonchev–Trinajstić information content (AvgIpc) is 2.86. The van der Waals surface area contributed by atoms with E-state index < -0.39 is 0 Å². The predicted octanol–water partition coefficient (Wildman–Crippen LogP) is 1.56. The number of aromatic nitrogens is 2. The van der Waals surface area contributed by atoms with E-state index in [0.29, 0.717) is 12.2 Å². The molecular weight excluding hydrogens is 202 g/mol. The molecule has 0 spiro atoms. The molecule has 1 aromatic rings. The second-order valence-corrected chi connectivity index (χ2v) is 4.49. The highest BCUT2D eigenvalue weighted by molar-refractivity contribution is 4.96. The summed E-state index contributed by atoms with van der Waals surface area (Å²) in [5.74, 6) is 0. The van der Waals surface area contributed by atoms with Gasteiger partial charge in [0.25, 0.3) is 0 Å². The van der Waals surface area contributed by atoms with Gasteiger partial charge in [0.05, 0.1) is 24.2 Å². The summed E-state index contributed by atoms with van der Waals surface area (Å²) in [6, 6.07) is 0. The minimum absolute atomic E-state index is 0.371. The average molecular weight is 223 g/mol. The summed E-state index contributed by atoms with van der Waals surface area (Å²) in [5.41, 5.74) is 1.10. The minimum atomic E-state index is 0.371. The first-order chi connectivity index (χ1) is 7.78. The van der Waals surface area contributed by atoms with Crippen molar-refractivity contribution >= 4 is 0 Å². The number of nitrogens with zero attached hydrogens (tertiary/aromatic N) is 2. The fourth-order valence-corrected chi connectivity index (χ4v) is 2.11. The molecule has 0 aliphatic carbocycles. The Balaban J connectivity index is 1.83. The van der Waals surface area contributed by atoms with Crippen molar-refractivity contribution in [2.45, 2.75) is 52.0 Å². The second kappa shape index (κ2) is 5.46. The van der Waals surface area contributed by atoms with Gasteiger partial charge < -0.3 is 14.6 Å². The summed E-state index contributed by atoms with van der Waals surface area (Å²) in [6.45, 7) is 7.01. The van der Waals surface area contributed by atoms with Crippen LogP contribution in [0.4, 0.5) is 0 Å². The summed E-state index contributed by atoms with van der Waals surface area (Å²) >= 11 is 0. The highest BCUT2D eigenvalue weighted by atomic mass is 16.5. The molecule has 0 amide bonds. The zero-order chi connectivity index (χ0) is 11.4. The lowest BCUT2D eigenvalue weighted by Crippen LogP contribution is -2.15. The molecule has 2 unspecified atom stereocenters. The number of hydrogen-bond acceptors (Lipinski definition) is 3. The van der Waals surface area contributed by atoms with Crippen LogP contribution >= 0.6 is 0 Å². The SMILES string of the molecule is CCNCc1cn(CC2CCC(C)O2)cn1. The Morgan fingerprint density at radius 3 is 3.12 bits per heavy atom. The van der Waals surface area contributed by atoms with Gasteiger partial charge in [0.1, 0.15) is 0 Å². The second-order valence-electron chi connectivity index (χ2n) is 4.49. The van der Waals surface area contributed by atoms with Gasteiger partial charge in [0.2, 0.25) is 0 Å². The molecule has 2 rings (SSSR count). The molecule has 0 aromatic carbocycles. The van der Waals surface area contributed by atoms with Crippen molar-refractivity contribution in [2.24, 2.45) is 0 Å². The van der Waals surface area contributed by atoms with Crippen LogP contribution in [0.3, 0.4) is 0 Å². The van der Waals surface area contributed by atoms with Crippen molar-refractivity contribution in [3.05, 3.63) is 18.2 Å². The van der Waals surface area contributed by atoms with Crippen LogP contribution in [0.25, 0.3) is 0 Å². The van der Waals surface area contributed by atoms with Crippen molar-refractivity contribution in [1.82, 2.24) is 14.9 Å². The van der Waals surface area contributed by atoms with Crippen molar-refractivity contribution < 1.29 is 4.74 Å². The lowest BCUT2D eigenvalue weighted by molar-refractivity contribution is 0.0458. The third-order valence-electron chi connectivity index (χ3n) is 2.98. The van der Waals surface area contributed by atoms with E-state index in [4.69, 9.17) is 4.74 Å². The Labute approximate surface area is 97.0 Å². The van der Waals surface area contributed by atoms with Gasteiger partial charge in [0, 0.05) is 19.3 Å². The van der Waals surface area contributed by atoms with Gasteiger partial charge in [-0.05, 0) is 26.3 Å². The zero-order valence-corrected chi connectivity index (χ0v) is 10.1. The molecule has 16 heavy (non-hydrogen) atoms. The van der Waals surface area contributed by atoms with Gasteiger partial charge in [-0.2, -0.15) is 0 Å². The molecule has 1 N–H and O–H groups in total.